The highest BCUT2D eigenvalue weighted by molar-refractivity contribution is 5.99. The minimum Gasteiger partial charge on any atom is -0.370 e. The van der Waals surface area contributed by atoms with Gasteiger partial charge in [-0.2, -0.15) is 0 Å². The third-order valence-corrected chi connectivity index (χ3v) is 2.21. The van der Waals surface area contributed by atoms with Crippen LogP contribution in [0.3, 0.4) is 0 Å². The van der Waals surface area contributed by atoms with E-state index in [1.807, 2.05) is 0 Å². The molecule has 0 amide bonds. The van der Waals surface area contributed by atoms with Crippen molar-refractivity contribution < 1.29 is 13.9 Å². The molecule has 1 aliphatic rings. The van der Waals surface area contributed by atoms with Crippen LogP contribution in [-0.2, 0) is 4.74 Å². The van der Waals surface area contributed by atoms with Crippen LogP contribution in [0, 0.1) is 5.82 Å². The van der Waals surface area contributed by atoms with Crippen molar-refractivity contribution in [1.82, 2.24) is 4.98 Å². The van der Waals surface area contributed by atoms with E-state index >= 15 is 0 Å². The maximum atomic E-state index is 12.8. The van der Waals surface area contributed by atoms with Crippen molar-refractivity contribution in [2.24, 2.45) is 0 Å². The summed E-state index contributed by atoms with van der Waals surface area (Å²) >= 11 is 0. The highest BCUT2D eigenvalue weighted by Crippen LogP contribution is 2.17. The van der Waals surface area contributed by atoms with E-state index in [1.165, 1.54) is 12.3 Å². The summed E-state index contributed by atoms with van der Waals surface area (Å²) in [4.78, 5) is 15.3. The molecule has 1 unspecified atom stereocenters. The molecule has 2 rings (SSSR count). The molecule has 0 radical (unpaired) electrons. The second kappa shape index (κ2) is 3.84. The molecule has 4 heteroatoms. The van der Waals surface area contributed by atoms with Crippen LogP contribution in [0.1, 0.15) is 23.2 Å². The average Bonchev–Trinajstić information content (AvgIpc) is 2.69. The number of hydrogen-bond acceptors (Lipinski definition) is 3. The van der Waals surface area contributed by atoms with Crippen LogP contribution in [0.15, 0.2) is 18.5 Å². The minimum absolute atomic E-state index is 0.172. The van der Waals surface area contributed by atoms with Gasteiger partial charge in [-0.15, -0.1) is 0 Å². The van der Waals surface area contributed by atoms with Gasteiger partial charge in [-0.3, -0.25) is 9.78 Å². The third-order valence-electron chi connectivity index (χ3n) is 2.21. The van der Waals surface area contributed by atoms with Crippen LogP contribution in [-0.4, -0.2) is 23.5 Å². The fourth-order valence-electron chi connectivity index (χ4n) is 1.52. The van der Waals surface area contributed by atoms with Crippen LogP contribution >= 0.6 is 0 Å². The Morgan fingerprint density at radius 1 is 1.57 bits per heavy atom. The standard InChI is InChI=1S/C10H10FNO2/c11-8-4-7(5-12-6-8)10(13)9-2-1-3-14-9/h4-6,9H,1-3H2. The van der Waals surface area contributed by atoms with Gasteiger partial charge in [0.1, 0.15) is 11.9 Å². The van der Waals surface area contributed by atoms with E-state index in [0.29, 0.717) is 6.61 Å². The molecule has 0 bridgehead atoms. The zero-order chi connectivity index (χ0) is 9.97. The van der Waals surface area contributed by atoms with Gasteiger partial charge in [0.25, 0.3) is 0 Å². The van der Waals surface area contributed by atoms with E-state index in [-0.39, 0.29) is 11.3 Å². The number of ether oxygens (including phenoxy) is 1. The molecule has 0 spiro atoms. The molecular weight excluding hydrogens is 185 g/mol. The Bertz CT molecular complexity index is 348. The first-order valence-corrected chi connectivity index (χ1v) is 4.54. The van der Waals surface area contributed by atoms with Gasteiger partial charge < -0.3 is 4.74 Å². The fourth-order valence-corrected chi connectivity index (χ4v) is 1.52. The first-order chi connectivity index (χ1) is 6.77. The van der Waals surface area contributed by atoms with Crippen molar-refractivity contribution in [3.8, 4) is 0 Å². The zero-order valence-corrected chi connectivity index (χ0v) is 7.57. The van der Waals surface area contributed by atoms with E-state index in [2.05, 4.69) is 4.98 Å². The quantitative estimate of drug-likeness (QED) is 0.672. The summed E-state index contributed by atoms with van der Waals surface area (Å²) in [5, 5.41) is 0. The van der Waals surface area contributed by atoms with E-state index in [4.69, 9.17) is 4.74 Å². The highest BCUT2D eigenvalue weighted by atomic mass is 19.1. The number of Topliss-reactive ketones (excluding diaryl/α,β-unsaturated/α-hetero) is 1. The molecule has 1 aromatic rings. The third kappa shape index (κ3) is 1.80. The first kappa shape index (κ1) is 9.27. The molecule has 0 aromatic carbocycles. The van der Waals surface area contributed by atoms with Crippen molar-refractivity contribution in [2.75, 3.05) is 6.61 Å². The molecule has 2 heterocycles. The maximum absolute atomic E-state index is 12.8. The van der Waals surface area contributed by atoms with Crippen molar-refractivity contribution in [3.63, 3.8) is 0 Å². The van der Waals surface area contributed by atoms with E-state index in [1.54, 1.807) is 0 Å². The Kier molecular flexibility index (Phi) is 2.54. The van der Waals surface area contributed by atoms with Gasteiger partial charge in [0.15, 0.2) is 5.78 Å². The normalized spacial score (nSPS) is 21.1. The van der Waals surface area contributed by atoms with E-state index < -0.39 is 11.9 Å². The molecule has 0 N–H and O–H groups in total. The Morgan fingerprint density at radius 3 is 3.07 bits per heavy atom. The second-order valence-electron chi connectivity index (χ2n) is 3.26. The molecular formula is C10H10FNO2. The van der Waals surface area contributed by atoms with Crippen molar-refractivity contribution in [3.05, 3.63) is 29.8 Å². The number of ketones is 1. The van der Waals surface area contributed by atoms with Gasteiger partial charge in [0, 0.05) is 18.4 Å². The van der Waals surface area contributed by atoms with Crippen molar-refractivity contribution in [2.45, 2.75) is 18.9 Å². The number of halogens is 1. The van der Waals surface area contributed by atoms with Gasteiger partial charge in [0.05, 0.1) is 6.20 Å². The molecule has 74 valence electrons. The van der Waals surface area contributed by atoms with Crippen molar-refractivity contribution in [1.29, 1.82) is 0 Å². The van der Waals surface area contributed by atoms with Crippen molar-refractivity contribution >= 4 is 5.78 Å². The van der Waals surface area contributed by atoms with Gasteiger partial charge in [-0.25, -0.2) is 4.39 Å². The van der Waals surface area contributed by atoms with Gasteiger partial charge in [-0.05, 0) is 18.9 Å². The molecule has 1 saturated heterocycles. The van der Waals surface area contributed by atoms with Crippen LogP contribution < -0.4 is 0 Å². The molecule has 0 aliphatic carbocycles. The highest BCUT2D eigenvalue weighted by Gasteiger charge is 2.24. The molecule has 1 aromatic heterocycles. The molecule has 1 fully saturated rings. The molecule has 1 atom stereocenters. The lowest BCUT2D eigenvalue weighted by molar-refractivity contribution is 0.0642. The molecule has 3 nitrogen and oxygen atoms in total. The Morgan fingerprint density at radius 2 is 2.43 bits per heavy atom. The lowest BCUT2D eigenvalue weighted by atomic mass is 10.1. The number of hydrogen-bond donors (Lipinski definition) is 0. The number of rotatable bonds is 2. The van der Waals surface area contributed by atoms with Crippen LogP contribution in [0.5, 0.6) is 0 Å². The van der Waals surface area contributed by atoms with Crippen LogP contribution in [0.4, 0.5) is 4.39 Å². The Balaban J connectivity index is 2.17. The molecule has 14 heavy (non-hydrogen) atoms. The largest absolute Gasteiger partial charge is 0.370 e. The fraction of sp³-hybridized carbons (Fsp3) is 0.400. The number of pyridine rings is 1. The first-order valence-electron chi connectivity index (χ1n) is 4.54. The second-order valence-corrected chi connectivity index (χ2v) is 3.26. The van der Waals surface area contributed by atoms with E-state index in [9.17, 15) is 9.18 Å². The molecule has 0 saturated carbocycles. The maximum Gasteiger partial charge on any atom is 0.193 e. The van der Waals surface area contributed by atoms with Gasteiger partial charge in [-0.1, -0.05) is 0 Å². The number of carbonyl (C=O) groups excluding carboxylic acids is 1. The predicted octanol–water partition coefficient (Wildman–Crippen LogP) is 1.58. The summed E-state index contributed by atoms with van der Waals surface area (Å²) in [7, 11) is 0. The predicted molar refractivity (Wildman–Crippen MR) is 47.5 cm³/mol. The summed E-state index contributed by atoms with van der Waals surface area (Å²) in [5.41, 5.74) is 0.289. The Labute approximate surface area is 80.9 Å². The summed E-state index contributed by atoms with van der Waals surface area (Å²) < 4.78 is 18.0. The summed E-state index contributed by atoms with van der Waals surface area (Å²) in [6, 6.07) is 1.19. The van der Waals surface area contributed by atoms with E-state index in [0.717, 1.165) is 19.0 Å². The summed E-state index contributed by atoms with van der Waals surface area (Å²) in [5.74, 6) is -0.664. The average molecular weight is 195 g/mol. The summed E-state index contributed by atoms with van der Waals surface area (Å²) in [6.45, 7) is 0.610. The number of aromatic nitrogens is 1. The smallest absolute Gasteiger partial charge is 0.193 e. The number of carbonyl (C=O) groups is 1. The lowest BCUT2D eigenvalue weighted by Crippen LogP contribution is -2.19. The van der Waals surface area contributed by atoms with Gasteiger partial charge >= 0.3 is 0 Å². The lowest BCUT2D eigenvalue weighted by Gasteiger charge is -2.07. The van der Waals surface area contributed by atoms with Crippen LogP contribution in [0.25, 0.3) is 0 Å². The SMILES string of the molecule is O=C(c1cncc(F)c1)C1CCCO1. The Hall–Kier alpha value is -1.29. The van der Waals surface area contributed by atoms with Gasteiger partial charge in [0.2, 0.25) is 0 Å². The molecule has 1 aliphatic heterocycles. The monoisotopic (exact) mass is 195 g/mol. The zero-order valence-electron chi connectivity index (χ0n) is 7.57. The topological polar surface area (TPSA) is 39.2 Å². The number of nitrogens with zero attached hydrogens (tertiary/aromatic N) is 1. The summed E-state index contributed by atoms with van der Waals surface area (Å²) in [6.07, 6.45) is 3.65. The minimum atomic E-state index is -0.492. The van der Waals surface area contributed by atoms with Crippen LogP contribution in [0.2, 0.25) is 0 Å².